The molecule has 2 unspecified atom stereocenters. The second kappa shape index (κ2) is 15.8. The number of aryl methyl sites for hydroxylation is 2. The lowest BCUT2D eigenvalue weighted by atomic mass is 9.94. The van der Waals surface area contributed by atoms with E-state index in [0.29, 0.717) is 0 Å². The van der Waals surface area contributed by atoms with Gasteiger partial charge in [0.2, 0.25) is 0 Å². The van der Waals surface area contributed by atoms with Crippen LogP contribution in [-0.2, 0) is 12.8 Å². The summed E-state index contributed by atoms with van der Waals surface area (Å²) in [6, 6.07) is 17.8. The Morgan fingerprint density at radius 3 is 1.15 bits per heavy atom. The van der Waals surface area contributed by atoms with Crippen molar-refractivity contribution in [3.63, 3.8) is 0 Å². The number of hydrogen-bond donors (Lipinski definition) is 0. The largest absolute Gasteiger partial charge is 0.0628 e. The van der Waals surface area contributed by atoms with Gasteiger partial charge in [0.15, 0.2) is 0 Å². The Hall–Kier alpha value is -2.00. The van der Waals surface area contributed by atoms with Crippen molar-refractivity contribution in [2.24, 2.45) is 23.7 Å². The topological polar surface area (TPSA) is 0 Å². The predicted octanol–water partition coefficient (Wildman–Crippen LogP) is 9.88. The fraction of sp³-hybridized carbons (Fsp3) is 0.588. The van der Waals surface area contributed by atoms with Crippen molar-refractivity contribution in [2.45, 2.75) is 106 Å². The van der Waals surface area contributed by atoms with Crippen molar-refractivity contribution < 1.29 is 0 Å². The Morgan fingerprint density at radius 2 is 0.824 bits per heavy atom. The van der Waals surface area contributed by atoms with E-state index >= 15 is 0 Å². The van der Waals surface area contributed by atoms with E-state index in [1.807, 2.05) is 0 Å². The molecule has 0 fully saturated rings. The standard InChI is InChI=1S/C34H50/c1-27(2)9-7-11-29(5)13-15-31-17-21-33(22-18-31)25-26-34-23-19-32(20-24-34)16-14-30(6)12-8-10-28(3)4/h17-24,27-30H,7-16H2,1-6H3. The van der Waals surface area contributed by atoms with Crippen LogP contribution < -0.4 is 0 Å². The average molecular weight is 459 g/mol. The second-order valence-electron chi connectivity index (χ2n) is 11.6. The van der Waals surface area contributed by atoms with Crippen LogP contribution in [0.15, 0.2) is 48.5 Å². The summed E-state index contributed by atoms with van der Waals surface area (Å²) in [5.41, 5.74) is 5.08. The van der Waals surface area contributed by atoms with E-state index in [0.717, 1.165) is 34.8 Å². The lowest BCUT2D eigenvalue weighted by Crippen LogP contribution is -1.99. The first kappa shape index (κ1) is 28.2. The summed E-state index contributed by atoms with van der Waals surface area (Å²) in [4.78, 5) is 0. The minimum Gasteiger partial charge on any atom is -0.0628 e. The molecular formula is C34H50. The summed E-state index contributed by atoms with van der Waals surface area (Å²) < 4.78 is 0. The molecule has 0 aliphatic carbocycles. The molecular weight excluding hydrogens is 408 g/mol. The van der Waals surface area contributed by atoms with E-state index in [1.54, 1.807) is 0 Å². The summed E-state index contributed by atoms with van der Waals surface area (Å²) in [6.07, 6.45) is 13.1. The van der Waals surface area contributed by atoms with Gasteiger partial charge in [-0.05, 0) is 84.7 Å². The van der Waals surface area contributed by atoms with Gasteiger partial charge in [0.25, 0.3) is 0 Å². The molecule has 0 aliphatic heterocycles. The van der Waals surface area contributed by atoms with Gasteiger partial charge in [-0.2, -0.15) is 0 Å². The van der Waals surface area contributed by atoms with E-state index in [2.05, 4.69) is 102 Å². The van der Waals surface area contributed by atoms with Crippen molar-refractivity contribution in [1.29, 1.82) is 0 Å². The van der Waals surface area contributed by atoms with Crippen LogP contribution in [0.1, 0.15) is 115 Å². The highest BCUT2D eigenvalue weighted by atomic mass is 14.1. The third-order valence-corrected chi connectivity index (χ3v) is 7.07. The van der Waals surface area contributed by atoms with Crippen LogP contribution >= 0.6 is 0 Å². The number of benzene rings is 2. The molecule has 34 heavy (non-hydrogen) atoms. The SMILES string of the molecule is CC(C)CCCC(C)CCc1ccc(C#Cc2ccc(CCC(C)CCCC(C)C)cc2)cc1. The first-order chi connectivity index (χ1) is 16.3. The number of rotatable bonds is 14. The second-order valence-corrected chi connectivity index (χ2v) is 11.6. The molecule has 0 saturated heterocycles. The molecule has 0 bridgehead atoms. The van der Waals surface area contributed by atoms with Crippen LogP contribution in [0.25, 0.3) is 0 Å². The van der Waals surface area contributed by atoms with Crippen molar-refractivity contribution in [3.8, 4) is 11.8 Å². The van der Waals surface area contributed by atoms with Crippen LogP contribution in [0.5, 0.6) is 0 Å². The highest BCUT2D eigenvalue weighted by molar-refractivity contribution is 5.44. The molecule has 0 saturated carbocycles. The number of hydrogen-bond acceptors (Lipinski definition) is 0. The van der Waals surface area contributed by atoms with Crippen LogP contribution in [0, 0.1) is 35.5 Å². The zero-order valence-electron chi connectivity index (χ0n) is 23.0. The quantitative estimate of drug-likeness (QED) is 0.247. The summed E-state index contributed by atoms with van der Waals surface area (Å²) >= 11 is 0. The van der Waals surface area contributed by atoms with E-state index in [-0.39, 0.29) is 0 Å². The van der Waals surface area contributed by atoms with E-state index in [9.17, 15) is 0 Å². The Labute approximate surface area is 212 Å². The summed E-state index contributed by atoms with van der Waals surface area (Å²) in [5, 5.41) is 0. The molecule has 0 aromatic heterocycles. The molecule has 0 heteroatoms. The first-order valence-electron chi connectivity index (χ1n) is 14.0. The van der Waals surface area contributed by atoms with Gasteiger partial charge >= 0.3 is 0 Å². The highest BCUT2D eigenvalue weighted by Gasteiger charge is 2.05. The molecule has 2 atom stereocenters. The fourth-order valence-electron chi connectivity index (χ4n) is 4.52. The van der Waals surface area contributed by atoms with Gasteiger partial charge in [-0.1, -0.05) is 116 Å². The maximum Gasteiger partial charge on any atom is 0.0249 e. The van der Waals surface area contributed by atoms with E-state index in [1.165, 1.54) is 75.3 Å². The molecule has 0 radical (unpaired) electrons. The molecule has 186 valence electrons. The monoisotopic (exact) mass is 458 g/mol. The molecule has 0 aliphatic rings. The average Bonchev–Trinajstić information content (AvgIpc) is 2.81. The third kappa shape index (κ3) is 12.5. The van der Waals surface area contributed by atoms with Crippen LogP contribution in [0.2, 0.25) is 0 Å². The van der Waals surface area contributed by atoms with Gasteiger partial charge in [-0.3, -0.25) is 0 Å². The van der Waals surface area contributed by atoms with Gasteiger partial charge in [0, 0.05) is 11.1 Å². The van der Waals surface area contributed by atoms with Crippen molar-refractivity contribution >= 4 is 0 Å². The normalized spacial score (nSPS) is 13.1. The summed E-state index contributed by atoms with van der Waals surface area (Å²) in [7, 11) is 0. The minimum absolute atomic E-state index is 0.814. The zero-order valence-corrected chi connectivity index (χ0v) is 23.0. The third-order valence-electron chi connectivity index (χ3n) is 7.07. The Balaban J connectivity index is 1.74. The van der Waals surface area contributed by atoms with Crippen LogP contribution in [-0.4, -0.2) is 0 Å². The molecule has 2 aromatic rings. The first-order valence-corrected chi connectivity index (χ1v) is 14.0. The molecule has 0 spiro atoms. The fourth-order valence-corrected chi connectivity index (χ4v) is 4.52. The summed E-state index contributed by atoms with van der Waals surface area (Å²) in [6.45, 7) is 14.1. The zero-order chi connectivity index (χ0) is 24.8. The molecule has 0 amide bonds. The van der Waals surface area contributed by atoms with Gasteiger partial charge in [-0.25, -0.2) is 0 Å². The van der Waals surface area contributed by atoms with Crippen molar-refractivity contribution in [3.05, 3.63) is 70.8 Å². The Bertz CT molecular complexity index is 770. The predicted molar refractivity (Wildman–Crippen MR) is 151 cm³/mol. The molecule has 2 rings (SSSR count). The van der Waals surface area contributed by atoms with Crippen LogP contribution in [0.3, 0.4) is 0 Å². The van der Waals surface area contributed by atoms with Crippen molar-refractivity contribution in [1.82, 2.24) is 0 Å². The summed E-state index contributed by atoms with van der Waals surface area (Å²) in [5.74, 6) is 9.98. The Kier molecular flexibility index (Phi) is 13.1. The smallest absolute Gasteiger partial charge is 0.0249 e. The maximum absolute atomic E-state index is 3.34. The van der Waals surface area contributed by atoms with E-state index in [4.69, 9.17) is 0 Å². The minimum atomic E-state index is 0.814. The van der Waals surface area contributed by atoms with Crippen molar-refractivity contribution in [2.75, 3.05) is 0 Å². The van der Waals surface area contributed by atoms with E-state index < -0.39 is 0 Å². The van der Waals surface area contributed by atoms with Gasteiger partial charge in [0.05, 0.1) is 0 Å². The lowest BCUT2D eigenvalue weighted by molar-refractivity contribution is 0.437. The maximum atomic E-state index is 3.34. The molecule has 0 N–H and O–H groups in total. The molecule has 2 aromatic carbocycles. The van der Waals surface area contributed by atoms with Gasteiger partial charge in [0.1, 0.15) is 0 Å². The molecule has 0 heterocycles. The molecule has 0 nitrogen and oxygen atoms in total. The lowest BCUT2D eigenvalue weighted by Gasteiger charge is -2.12. The van der Waals surface area contributed by atoms with Crippen LogP contribution in [0.4, 0.5) is 0 Å². The highest BCUT2D eigenvalue weighted by Crippen LogP contribution is 2.19. The van der Waals surface area contributed by atoms with Gasteiger partial charge in [-0.15, -0.1) is 0 Å². The van der Waals surface area contributed by atoms with Gasteiger partial charge < -0.3 is 0 Å². The Morgan fingerprint density at radius 1 is 0.471 bits per heavy atom.